The Hall–Kier alpha value is -2.37. The second-order valence-electron chi connectivity index (χ2n) is 6.33. The minimum absolute atomic E-state index is 0.0139. The molecule has 130 valence electrons. The lowest BCUT2D eigenvalue weighted by Crippen LogP contribution is -2.39. The summed E-state index contributed by atoms with van der Waals surface area (Å²) in [5, 5.41) is 2.70. The number of likely N-dealkylation sites (tertiary alicyclic amines) is 1. The van der Waals surface area contributed by atoms with Crippen molar-refractivity contribution in [1.29, 1.82) is 0 Å². The smallest absolute Gasteiger partial charge is 0.338 e. The second kappa shape index (κ2) is 7.95. The van der Waals surface area contributed by atoms with Gasteiger partial charge in [-0.25, -0.2) is 4.79 Å². The highest BCUT2D eigenvalue weighted by molar-refractivity contribution is 5.92. The lowest BCUT2D eigenvalue weighted by atomic mass is 10.1. The topological polar surface area (TPSA) is 75.7 Å². The highest BCUT2D eigenvalue weighted by Gasteiger charge is 2.22. The molecule has 0 saturated carbocycles. The van der Waals surface area contributed by atoms with Crippen molar-refractivity contribution in [3.63, 3.8) is 0 Å². The Bertz CT molecular complexity index is 627. The van der Waals surface area contributed by atoms with Crippen molar-refractivity contribution in [2.75, 3.05) is 6.54 Å². The maximum absolute atomic E-state index is 12.2. The molecule has 1 N–H and O–H groups in total. The molecule has 1 unspecified atom stereocenters. The number of rotatable bonds is 6. The van der Waals surface area contributed by atoms with Gasteiger partial charge in [0.05, 0.1) is 5.56 Å². The molecule has 1 aliphatic heterocycles. The molecule has 1 heterocycles. The Morgan fingerprint density at radius 3 is 2.67 bits per heavy atom. The Balaban J connectivity index is 1.98. The molecule has 1 aromatic carbocycles. The van der Waals surface area contributed by atoms with Gasteiger partial charge in [-0.3, -0.25) is 9.59 Å². The fourth-order valence-electron chi connectivity index (χ4n) is 2.57. The van der Waals surface area contributed by atoms with Crippen molar-refractivity contribution in [3.8, 4) is 0 Å². The highest BCUT2D eigenvalue weighted by atomic mass is 16.5. The van der Waals surface area contributed by atoms with Gasteiger partial charge in [0.1, 0.15) is 0 Å². The van der Waals surface area contributed by atoms with Gasteiger partial charge >= 0.3 is 5.97 Å². The number of amides is 2. The molecule has 6 nitrogen and oxygen atoms in total. The summed E-state index contributed by atoms with van der Waals surface area (Å²) >= 11 is 0. The Kier molecular flexibility index (Phi) is 5.95. The molecule has 0 bridgehead atoms. The van der Waals surface area contributed by atoms with Crippen LogP contribution in [0.3, 0.4) is 0 Å². The molecule has 1 fully saturated rings. The highest BCUT2D eigenvalue weighted by Crippen LogP contribution is 2.16. The second-order valence-corrected chi connectivity index (χ2v) is 6.33. The van der Waals surface area contributed by atoms with Crippen LogP contribution in [0.1, 0.15) is 49.5 Å². The minimum atomic E-state index is -0.858. The van der Waals surface area contributed by atoms with Crippen molar-refractivity contribution in [2.45, 2.75) is 52.3 Å². The van der Waals surface area contributed by atoms with E-state index in [1.54, 1.807) is 30.0 Å². The normalized spacial score (nSPS) is 15.5. The zero-order valence-corrected chi connectivity index (χ0v) is 14.4. The van der Waals surface area contributed by atoms with Crippen molar-refractivity contribution >= 4 is 17.8 Å². The van der Waals surface area contributed by atoms with Crippen LogP contribution in [0.5, 0.6) is 0 Å². The van der Waals surface area contributed by atoms with E-state index in [-0.39, 0.29) is 17.9 Å². The van der Waals surface area contributed by atoms with Gasteiger partial charge in [-0.1, -0.05) is 12.1 Å². The maximum atomic E-state index is 12.2. The fraction of sp³-hybridized carbons (Fsp3) is 0.500. The van der Waals surface area contributed by atoms with Crippen LogP contribution in [0, 0.1) is 0 Å². The van der Waals surface area contributed by atoms with Crippen LogP contribution in [0.4, 0.5) is 0 Å². The minimum Gasteiger partial charge on any atom is -0.449 e. The van der Waals surface area contributed by atoms with Gasteiger partial charge in [-0.05, 0) is 44.9 Å². The number of hydrogen-bond donors (Lipinski definition) is 1. The van der Waals surface area contributed by atoms with Crippen LogP contribution in [0.15, 0.2) is 24.3 Å². The Morgan fingerprint density at radius 2 is 2.04 bits per heavy atom. The van der Waals surface area contributed by atoms with Gasteiger partial charge < -0.3 is 15.0 Å². The van der Waals surface area contributed by atoms with E-state index in [1.807, 2.05) is 19.9 Å². The van der Waals surface area contributed by atoms with Crippen molar-refractivity contribution in [2.24, 2.45) is 0 Å². The van der Waals surface area contributed by atoms with E-state index in [0.29, 0.717) is 18.5 Å². The molecule has 0 aromatic heterocycles. The van der Waals surface area contributed by atoms with Crippen LogP contribution >= 0.6 is 0 Å². The Labute approximate surface area is 142 Å². The number of nitrogens with zero attached hydrogens (tertiary/aromatic N) is 1. The number of ether oxygens (including phenoxy) is 1. The number of carbonyl (C=O) groups excluding carboxylic acids is 3. The molecular formula is C18H24N2O4. The number of esters is 1. The van der Waals surface area contributed by atoms with Crippen molar-refractivity contribution in [1.82, 2.24) is 10.2 Å². The summed E-state index contributed by atoms with van der Waals surface area (Å²) in [6.07, 6.45) is 0.608. The van der Waals surface area contributed by atoms with E-state index < -0.39 is 12.1 Å². The number of hydrogen-bond acceptors (Lipinski definition) is 4. The lowest BCUT2D eigenvalue weighted by molar-refractivity contribution is -0.129. The average Bonchev–Trinajstić information content (AvgIpc) is 2.92. The van der Waals surface area contributed by atoms with Gasteiger partial charge in [0, 0.05) is 25.6 Å². The molecule has 1 aliphatic rings. The molecule has 1 aromatic rings. The van der Waals surface area contributed by atoms with Gasteiger partial charge in [0.25, 0.3) is 5.91 Å². The summed E-state index contributed by atoms with van der Waals surface area (Å²) in [4.78, 5) is 37.5. The third-order valence-electron chi connectivity index (χ3n) is 3.79. The SMILES string of the molecule is CC(C)NC(=O)C(C)OC(=O)c1cccc(CN2CCCC2=O)c1. The molecule has 24 heavy (non-hydrogen) atoms. The molecule has 2 rings (SSSR count). The van der Waals surface area contributed by atoms with Gasteiger partial charge in [0.15, 0.2) is 6.10 Å². The third-order valence-corrected chi connectivity index (χ3v) is 3.79. The van der Waals surface area contributed by atoms with E-state index in [2.05, 4.69) is 5.32 Å². The van der Waals surface area contributed by atoms with Crippen LogP contribution in [-0.4, -0.2) is 41.4 Å². The molecule has 6 heteroatoms. The predicted molar refractivity (Wildman–Crippen MR) is 89.2 cm³/mol. The van der Waals surface area contributed by atoms with Crippen molar-refractivity contribution < 1.29 is 19.1 Å². The van der Waals surface area contributed by atoms with E-state index in [9.17, 15) is 14.4 Å². The monoisotopic (exact) mass is 332 g/mol. The summed E-state index contributed by atoms with van der Waals surface area (Å²) in [6, 6.07) is 6.97. The molecule has 0 radical (unpaired) electrons. The van der Waals surface area contributed by atoms with E-state index in [0.717, 1.165) is 18.5 Å². The quantitative estimate of drug-likeness (QED) is 0.807. The first-order valence-electron chi connectivity index (χ1n) is 8.25. The number of benzene rings is 1. The average molecular weight is 332 g/mol. The number of nitrogens with one attached hydrogen (secondary N) is 1. The van der Waals surface area contributed by atoms with Crippen LogP contribution in [0.2, 0.25) is 0 Å². The molecular weight excluding hydrogens is 308 g/mol. The Morgan fingerprint density at radius 1 is 1.29 bits per heavy atom. The fourth-order valence-corrected chi connectivity index (χ4v) is 2.57. The van der Waals surface area contributed by atoms with E-state index in [4.69, 9.17) is 4.74 Å². The first-order chi connectivity index (χ1) is 11.4. The molecule has 1 atom stereocenters. The summed E-state index contributed by atoms with van der Waals surface area (Å²) < 4.78 is 5.21. The standard InChI is InChI=1S/C18H24N2O4/c1-12(2)19-17(22)13(3)24-18(23)15-7-4-6-14(10-15)11-20-9-5-8-16(20)21/h4,6-7,10,12-13H,5,8-9,11H2,1-3H3,(H,19,22). The van der Waals surface area contributed by atoms with Gasteiger partial charge in [-0.2, -0.15) is 0 Å². The van der Waals surface area contributed by atoms with Crippen LogP contribution in [-0.2, 0) is 20.9 Å². The summed E-state index contributed by atoms with van der Waals surface area (Å²) in [6.45, 7) is 6.47. The summed E-state index contributed by atoms with van der Waals surface area (Å²) in [5.74, 6) is -0.727. The zero-order chi connectivity index (χ0) is 17.7. The summed E-state index contributed by atoms with van der Waals surface area (Å²) in [5.41, 5.74) is 1.25. The molecule has 0 aliphatic carbocycles. The molecule has 2 amide bonds. The maximum Gasteiger partial charge on any atom is 0.338 e. The van der Waals surface area contributed by atoms with Gasteiger partial charge in [-0.15, -0.1) is 0 Å². The van der Waals surface area contributed by atoms with Crippen LogP contribution in [0.25, 0.3) is 0 Å². The van der Waals surface area contributed by atoms with Gasteiger partial charge in [0.2, 0.25) is 5.91 Å². The molecule has 1 saturated heterocycles. The predicted octanol–water partition coefficient (Wildman–Crippen LogP) is 1.88. The molecule has 0 spiro atoms. The first-order valence-corrected chi connectivity index (χ1v) is 8.25. The van der Waals surface area contributed by atoms with Crippen molar-refractivity contribution in [3.05, 3.63) is 35.4 Å². The van der Waals surface area contributed by atoms with Crippen LogP contribution < -0.4 is 5.32 Å². The van der Waals surface area contributed by atoms with E-state index in [1.165, 1.54) is 0 Å². The lowest BCUT2D eigenvalue weighted by Gasteiger charge is -2.17. The zero-order valence-electron chi connectivity index (χ0n) is 14.4. The summed E-state index contributed by atoms with van der Waals surface area (Å²) in [7, 11) is 0. The number of carbonyl (C=O) groups is 3. The third kappa shape index (κ3) is 4.81. The van der Waals surface area contributed by atoms with E-state index >= 15 is 0 Å². The largest absolute Gasteiger partial charge is 0.449 e. The first kappa shape index (κ1) is 18.0.